The highest BCUT2D eigenvalue weighted by Crippen LogP contribution is 2.16. The van der Waals surface area contributed by atoms with Gasteiger partial charge in [-0.1, -0.05) is 6.92 Å². The van der Waals surface area contributed by atoms with Crippen molar-refractivity contribution in [1.82, 2.24) is 9.88 Å². The zero-order chi connectivity index (χ0) is 13.0. The van der Waals surface area contributed by atoms with Gasteiger partial charge in [0.1, 0.15) is 5.69 Å². The Balaban J connectivity index is 2.03. The van der Waals surface area contributed by atoms with Crippen LogP contribution in [0.1, 0.15) is 36.7 Å². The van der Waals surface area contributed by atoms with Crippen molar-refractivity contribution in [3.63, 3.8) is 0 Å². The predicted octanol–water partition coefficient (Wildman–Crippen LogP) is 2.57. The zero-order valence-electron chi connectivity index (χ0n) is 10.6. The number of carbonyl (C=O) groups is 1. The van der Waals surface area contributed by atoms with Crippen LogP contribution in [0.4, 0.5) is 0 Å². The Bertz CT molecular complexity index is 411. The second-order valence-electron chi connectivity index (χ2n) is 4.62. The number of rotatable bonds is 4. The van der Waals surface area contributed by atoms with E-state index in [-0.39, 0.29) is 11.9 Å². The number of amides is 1. The molecule has 2 heterocycles. The number of nitrogens with zero attached hydrogens (tertiary/aromatic N) is 1. The third-order valence-electron chi connectivity index (χ3n) is 3.06. The fourth-order valence-electron chi connectivity index (χ4n) is 2.20. The molecule has 1 unspecified atom stereocenters. The van der Waals surface area contributed by atoms with Gasteiger partial charge in [-0.05, 0) is 41.3 Å². The molecule has 1 aromatic rings. The van der Waals surface area contributed by atoms with E-state index >= 15 is 0 Å². The van der Waals surface area contributed by atoms with E-state index in [9.17, 15) is 4.79 Å². The van der Waals surface area contributed by atoms with Gasteiger partial charge in [-0.2, -0.15) is 0 Å². The zero-order valence-corrected chi connectivity index (χ0v) is 12.2. The Morgan fingerprint density at radius 2 is 2.50 bits per heavy atom. The van der Waals surface area contributed by atoms with Crippen molar-refractivity contribution < 1.29 is 9.53 Å². The molecule has 1 aliphatic rings. The Hall–Kier alpha value is -0.810. The van der Waals surface area contributed by atoms with Crippen molar-refractivity contribution in [1.29, 1.82) is 0 Å². The van der Waals surface area contributed by atoms with Gasteiger partial charge in [-0.25, -0.2) is 0 Å². The lowest BCUT2D eigenvalue weighted by atomic mass is 10.1. The van der Waals surface area contributed by atoms with Crippen molar-refractivity contribution in [2.75, 3.05) is 13.2 Å². The number of aryl methyl sites for hydroxylation is 1. The molecule has 0 bridgehead atoms. The van der Waals surface area contributed by atoms with E-state index < -0.39 is 0 Å². The normalized spacial score (nSPS) is 19.8. The Morgan fingerprint density at radius 1 is 1.67 bits per heavy atom. The van der Waals surface area contributed by atoms with E-state index in [0.29, 0.717) is 12.3 Å². The number of hydrogen-bond acceptors (Lipinski definition) is 2. The minimum atomic E-state index is -0.00958. The van der Waals surface area contributed by atoms with Gasteiger partial charge < -0.3 is 14.6 Å². The maximum Gasteiger partial charge on any atom is 0.268 e. The minimum absolute atomic E-state index is 0.00958. The molecule has 0 spiro atoms. The summed E-state index contributed by atoms with van der Waals surface area (Å²) in [5, 5.41) is 3.04. The molecule has 0 aromatic carbocycles. The monoisotopic (exact) mass is 314 g/mol. The fourth-order valence-corrected chi connectivity index (χ4v) is 2.67. The summed E-state index contributed by atoms with van der Waals surface area (Å²) in [4.78, 5) is 12.2. The molecular weight excluding hydrogens is 296 g/mol. The quantitative estimate of drug-likeness (QED) is 0.928. The van der Waals surface area contributed by atoms with Crippen molar-refractivity contribution in [2.24, 2.45) is 0 Å². The van der Waals surface area contributed by atoms with E-state index in [1.54, 1.807) is 0 Å². The first-order valence-electron chi connectivity index (χ1n) is 6.45. The molecule has 5 heteroatoms. The summed E-state index contributed by atoms with van der Waals surface area (Å²) >= 11 is 3.42. The van der Waals surface area contributed by atoms with Gasteiger partial charge in [0.25, 0.3) is 5.91 Å². The van der Waals surface area contributed by atoms with Crippen molar-refractivity contribution in [3.8, 4) is 0 Å². The second kappa shape index (κ2) is 6.38. The number of halogens is 1. The van der Waals surface area contributed by atoms with E-state index in [0.717, 1.165) is 36.9 Å². The molecular formula is C13H19BrN2O2. The van der Waals surface area contributed by atoms with Gasteiger partial charge in [0.2, 0.25) is 0 Å². The number of nitrogens with one attached hydrogen (secondary N) is 1. The molecule has 1 atom stereocenters. The summed E-state index contributed by atoms with van der Waals surface area (Å²) in [5.41, 5.74) is 0.717. The molecule has 1 saturated heterocycles. The molecule has 4 nitrogen and oxygen atoms in total. The molecule has 0 aliphatic carbocycles. The summed E-state index contributed by atoms with van der Waals surface area (Å²) in [5.74, 6) is -0.00958. The Kier molecular flexibility index (Phi) is 4.83. The van der Waals surface area contributed by atoms with E-state index in [1.165, 1.54) is 0 Å². The third kappa shape index (κ3) is 3.36. The average Bonchev–Trinajstić information content (AvgIpc) is 2.72. The Morgan fingerprint density at radius 3 is 3.17 bits per heavy atom. The van der Waals surface area contributed by atoms with Crippen LogP contribution in [0.5, 0.6) is 0 Å². The minimum Gasteiger partial charge on any atom is -0.379 e. The molecule has 2 rings (SSSR count). The van der Waals surface area contributed by atoms with Gasteiger partial charge in [0, 0.05) is 23.8 Å². The first-order valence-corrected chi connectivity index (χ1v) is 7.24. The second-order valence-corrected chi connectivity index (χ2v) is 5.54. The summed E-state index contributed by atoms with van der Waals surface area (Å²) in [6.07, 6.45) is 4.98. The molecule has 18 heavy (non-hydrogen) atoms. The number of aromatic nitrogens is 1. The maximum atomic E-state index is 12.2. The lowest BCUT2D eigenvalue weighted by Gasteiger charge is -2.23. The first-order chi connectivity index (χ1) is 8.70. The van der Waals surface area contributed by atoms with Crippen LogP contribution >= 0.6 is 15.9 Å². The lowest BCUT2D eigenvalue weighted by Crippen LogP contribution is -2.41. The highest BCUT2D eigenvalue weighted by atomic mass is 79.9. The van der Waals surface area contributed by atoms with Gasteiger partial charge in [-0.15, -0.1) is 0 Å². The van der Waals surface area contributed by atoms with E-state index in [1.807, 2.05) is 16.8 Å². The van der Waals surface area contributed by atoms with Crippen molar-refractivity contribution >= 4 is 21.8 Å². The molecule has 100 valence electrons. The smallest absolute Gasteiger partial charge is 0.268 e. The molecule has 0 saturated carbocycles. The highest BCUT2D eigenvalue weighted by molar-refractivity contribution is 9.10. The van der Waals surface area contributed by atoms with Crippen LogP contribution in [0, 0.1) is 0 Å². The number of carbonyl (C=O) groups excluding carboxylic acids is 1. The van der Waals surface area contributed by atoms with Crippen LogP contribution in [0.15, 0.2) is 16.7 Å². The molecule has 1 aromatic heterocycles. The third-order valence-corrected chi connectivity index (χ3v) is 3.49. The highest BCUT2D eigenvalue weighted by Gasteiger charge is 2.19. The first kappa shape index (κ1) is 13.6. The molecule has 1 N–H and O–H groups in total. The van der Waals surface area contributed by atoms with Crippen LogP contribution in [0.3, 0.4) is 0 Å². The van der Waals surface area contributed by atoms with Gasteiger partial charge >= 0.3 is 0 Å². The lowest BCUT2D eigenvalue weighted by molar-refractivity contribution is 0.0620. The maximum absolute atomic E-state index is 12.2. The summed E-state index contributed by atoms with van der Waals surface area (Å²) in [7, 11) is 0. The summed E-state index contributed by atoms with van der Waals surface area (Å²) in [6, 6.07) is 2.02. The van der Waals surface area contributed by atoms with Crippen LogP contribution in [0.2, 0.25) is 0 Å². The summed E-state index contributed by atoms with van der Waals surface area (Å²) < 4.78 is 8.31. The largest absolute Gasteiger partial charge is 0.379 e. The van der Waals surface area contributed by atoms with E-state index in [4.69, 9.17) is 4.74 Å². The number of hydrogen-bond donors (Lipinski definition) is 1. The molecule has 0 radical (unpaired) electrons. The molecule has 1 fully saturated rings. The fraction of sp³-hybridized carbons (Fsp3) is 0.615. The summed E-state index contributed by atoms with van der Waals surface area (Å²) in [6.45, 7) is 4.39. The van der Waals surface area contributed by atoms with Crippen LogP contribution in [0.25, 0.3) is 0 Å². The van der Waals surface area contributed by atoms with Gasteiger partial charge in [-0.3, -0.25) is 4.79 Å². The van der Waals surface area contributed by atoms with Crippen LogP contribution < -0.4 is 5.32 Å². The van der Waals surface area contributed by atoms with Crippen LogP contribution in [-0.2, 0) is 11.3 Å². The van der Waals surface area contributed by atoms with Crippen molar-refractivity contribution in [2.45, 2.75) is 38.8 Å². The predicted molar refractivity (Wildman–Crippen MR) is 73.7 cm³/mol. The average molecular weight is 315 g/mol. The standard InChI is InChI=1S/C13H19BrN2O2/c1-2-5-16-8-10(14)7-12(16)13(17)15-11-4-3-6-18-9-11/h7-8,11H,2-6,9H2,1H3,(H,15,17). The molecule has 1 aliphatic heterocycles. The van der Waals surface area contributed by atoms with E-state index in [2.05, 4.69) is 28.2 Å². The Labute approximate surface area is 116 Å². The van der Waals surface area contributed by atoms with Gasteiger partial charge in [0.05, 0.1) is 12.6 Å². The topological polar surface area (TPSA) is 43.3 Å². The molecule has 1 amide bonds. The number of ether oxygens (including phenoxy) is 1. The van der Waals surface area contributed by atoms with Crippen LogP contribution in [-0.4, -0.2) is 29.7 Å². The SMILES string of the molecule is CCCn1cc(Br)cc1C(=O)NC1CCCOC1. The van der Waals surface area contributed by atoms with Gasteiger partial charge in [0.15, 0.2) is 0 Å². The van der Waals surface area contributed by atoms with Crippen molar-refractivity contribution in [3.05, 3.63) is 22.4 Å².